The van der Waals surface area contributed by atoms with Crippen LogP contribution in [0, 0.1) is 5.92 Å². The summed E-state index contributed by atoms with van der Waals surface area (Å²) in [4.78, 5) is 10.5. The molecule has 13 heavy (non-hydrogen) atoms. The van der Waals surface area contributed by atoms with E-state index in [4.69, 9.17) is 5.11 Å². The quantitative estimate of drug-likeness (QED) is 0.681. The third-order valence-electron chi connectivity index (χ3n) is 2.56. The first-order chi connectivity index (χ1) is 6.09. The average Bonchev–Trinajstić information content (AvgIpc) is 2.85. The summed E-state index contributed by atoms with van der Waals surface area (Å²) in [5, 5.41) is 11.9. The number of carbonyl (C=O) groups is 1. The molecule has 3 nitrogen and oxygen atoms in total. The van der Waals surface area contributed by atoms with Gasteiger partial charge in [0, 0.05) is 17.8 Å². The van der Waals surface area contributed by atoms with E-state index in [0.29, 0.717) is 11.3 Å². The predicted octanol–water partition coefficient (Wildman–Crippen LogP) is 1.19. The van der Waals surface area contributed by atoms with E-state index in [1.54, 1.807) is 6.92 Å². The van der Waals surface area contributed by atoms with Gasteiger partial charge in [-0.2, -0.15) is 11.8 Å². The first-order valence-corrected chi connectivity index (χ1v) is 5.81. The molecular formula is C9H17NO2S. The van der Waals surface area contributed by atoms with Gasteiger partial charge in [0.05, 0.1) is 5.92 Å². The number of hydrogen-bond donors (Lipinski definition) is 2. The van der Waals surface area contributed by atoms with Gasteiger partial charge in [-0.3, -0.25) is 4.79 Å². The SMILES string of the molecule is CSC1(CNCC(C)C(=O)O)CC1. The molecule has 0 aromatic carbocycles. The molecule has 0 heterocycles. The molecule has 1 aliphatic carbocycles. The smallest absolute Gasteiger partial charge is 0.307 e. The molecular weight excluding hydrogens is 186 g/mol. The Bertz CT molecular complexity index is 192. The number of rotatable bonds is 6. The summed E-state index contributed by atoms with van der Waals surface area (Å²) in [6.07, 6.45) is 4.65. The van der Waals surface area contributed by atoms with Crippen molar-refractivity contribution in [2.75, 3.05) is 19.3 Å². The Morgan fingerprint density at radius 2 is 2.31 bits per heavy atom. The molecule has 0 saturated heterocycles. The molecule has 4 heteroatoms. The lowest BCUT2D eigenvalue weighted by Crippen LogP contribution is -2.32. The molecule has 2 N–H and O–H groups in total. The van der Waals surface area contributed by atoms with Gasteiger partial charge in [-0.15, -0.1) is 0 Å². The average molecular weight is 203 g/mol. The van der Waals surface area contributed by atoms with E-state index < -0.39 is 5.97 Å². The Morgan fingerprint density at radius 1 is 1.69 bits per heavy atom. The first kappa shape index (κ1) is 10.9. The van der Waals surface area contributed by atoms with Gasteiger partial charge < -0.3 is 10.4 Å². The van der Waals surface area contributed by atoms with E-state index in [2.05, 4.69) is 11.6 Å². The van der Waals surface area contributed by atoms with Crippen molar-refractivity contribution in [1.29, 1.82) is 0 Å². The first-order valence-electron chi connectivity index (χ1n) is 4.58. The monoisotopic (exact) mass is 203 g/mol. The Labute approximate surface area is 83.3 Å². The molecule has 0 aliphatic heterocycles. The number of hydrogen-bond acceptors (Lipinski definition) is 3. The molecule has 1 rings (SSSR count). The van der Waals surface area contributed by atoms with E-state index >= 15 is 0 Å². The minimum Gasteiger partial charge on any atom is -0.481 e. The highest BCUT2D eigenvalue weighted by Gasteiger charge is 2.41. The summed E-state index contributed by atoms with van der Waals surface area (Å²) in [5.74, 6) is -1.00. The second-order valence-electron chi connectivity index (χ2n) is 3.76. The summed E-state index contributed by atoms with van der Waals surface area (Å²) in [6.45, 7) is 3.26. The van der Waals surface area contributed by atoms with Crippen molar-refractivity contribution in [2.24, 2.45) is 5.92 Å². The fraction of sp³-hybridized carbons (Fsp3) is 0.889. The van der Waals surface area contributed by atoms with Crippen LogP contribution in [0.25, 0.3) is 0 Å². The Balaban J connectivity index is 2.10. The number of carboxylic acid groups (broad SMARTS) is 1. The van der Waals surface area contributed by atoms with Crippen LogP contribution in [0.1, 0.15) is 19.8 Å². The molecule has 0 radical (unpaired) electrons. The molecule has 0 spiro atoms. The molecule has 76 valence electrons. The zero-order valence-corrected chi connectivity index (χ0v) is 8.99. The highest BCUT2D eigenvalue weighted by Crippen LogP contribution is 2.46. The van der Waals surface area contributed by atoms with Gasteiger partial charge >= 0.3 is 5.97 Å². The lowest BCUT2D eigenvalue weighted by atomic mass is 10.2. The summed E-state index contributed by atoms with van der Waals surface area (Å²) in [5.41, 5.74) is 0. The minimum absolute atomic E-state index is 0.280. The van der Waals surface area contributed by atoms with E-state index in [1.807, 2.05) is 11.8 Å². The van der Waals surface area contributed by atoms with Gasteiger partial charge in [-0.1, -0.05) is 6.92 Å². The van der Waals surface area contributed by atoms with Gasteiger partial charge in [-0.05, 0) is 19.1 Å². The fourth-order valence-electron chi connectivity index (χ4n) is 1.20. The van der Waals surface area contributed by atoms with Crippen molar-refractivity contribution in [3.8, 4) is 0 Å². The zero-order chi connectivity index (χ0) is 9.90. The Morgan fingerprint density at radius 3 is 2.69 bits per heavy atom. The molecule has 0 bridgehead atoms. The van der Waals surface area contributed by atoms with E-state index in [1.165, 1.54) is 12.8 Å². The van der Waals surface area contributed by atoms with Crippen LogP contribution in [-0.2, 0) is 4.79 Å². The lowest BCUT2D eigenvalue weighted by Gasteiger charge is -2.14. The van der Waals surface area contributed by atoms with E-state index in [0.717, 1.165) is 6.54 Å². The van der Waals surface area contributed by atoms with Crippen LogP contribution in [0.5, 0.6) is 0 Å². The number of aliphatic carboxylic acids is 1. The van der Waals surface area contributed by atoms with Gasteiger partial charge in [0.1, 0.15) is 0 Å². The van der Waals surface area contributed by atoms with Gasteiger partial charge in [0.2, 0.25) is 0 Å². The second kappa shape index (κ2) is 4.33. The molecule has 0 aromatic rings. The van der Waals surface area contributed by atoms with E-state index in [9.17, 15) is 4.79 Å². The highest BCUT2D eigenvalue weighted by atomic mass is 32.2. The topological polar surface area (TPSA) is 49.3 Å². The number of thioether (sulfide) groups is 1. The van der Waals surface area contributed by atoms with Crippen LogP contribution in [-0.4, -0.2) is 35.2 Å². The highest BCUT2D eigenvalue weighted by molar-refractivity contribution is 8.00. The third kappa shape index (κ3) is 3.19. The predicted molar refractivity (Wildman–Crippen MR) is 55.1 cm³/mol. The largest absolute Gasteiger partial charge is 0.481 e. The molecule has 1 fully saturated rings. The van der Waals surface area contributed by atoms with E-state index in [-0.39, 0.29) is 5.92 Å². The van der Waals surface area contributed by atoms with Crippen molar-refractivity contribution in [3.05, 3.63) is 0 Å². The normalized spacial score (nSPS) is 21.1. The van der Waals surface area contributed by atoms with Crippen LogP contribution >= 0.6 is 11.8 Å². The van der Waals surface area contributed by atoms with Gasteiger partial charge in [0.15, 0.2) is 0 Å². The van der Waals surface area contributed by atoms with Crippen LogP contribution in [0.15, 0.2) is 0 Å². The Hall–Kier alpha value is -0.220. The molecule has 0 amide bonds. The Kier molecular flexibility index (Phi) is 3.62. The summed E-state index contributed by atoms with van der Waals surface area (Å²) < 4.78 is 0.429. The van der Waals surface area contributed by atoms with Crippen LogP contribution in [0.3, 0.4) is 0 Å². The molecule has 1 atom stereocenters. The summed E-state index contributed by atoms with van der Waals surface area (Å²) in [7, 11) is 0. The zero-order valence-electron chi connectivity index (χ0n) is 8.17. The van der Waals surface area contributed by atoms with Crippen LogP contribution in [0.2, 0.25) is 0 Å². The third-order valence-corrected chi connectivity index (χ3v) is 3.98. The standard InChI is InChI=1S/C9H17NO2S/c1-7(8(11)12)5-10-6-9(13-2)3-4-9/h7,10H,3-6H2,1-2H3,(H,11,12). The number of carboxylic acids is 1. The van der Waals surface area contributed by atoms with Gasteiger partial charge in [-0.25, -0.2) is 0 Å². The minimum atomic E-state index is -0.721. The molecule has 1 aliphatic rings. The fourth-order valence-corrected chi connectivity index (χ4v) is 1.95. The molecule has 1 saturated carbocycles. The molecule has 1 unspecified atom stereocenters. The van der Waals surface area contributed by atoms with Crippen molar-refractivity contribution < 1.29 is 9.90 Å². The lowest BCUT2D eigenvalue weighted by molar-refractivity contribution is -0.140. The van der Waals surface area contributed by atoms with Crippen molar-refractivity contribution >= 4 is 17.7 Å². The van der Waals surface area contributed by atoms with Crippen LogP contribution in [0.4, 0.5) is 0 Å². The summed E-state index contributed by atoms with van der Waals surface area (Å²) >= 11 is 1.89. The molecule has 0 aromatic heterocycles. The number of nitrogens with one attached hydrogen (secondary N) is 1. The second-order valence-corrected chi connectivity index (χ2v) is 5.03. The van der Waals surface area contributed by atoms with Crippen LogP contribution < -0.4 is 5.32 Å². The van der Waals surface area contributed by atoms with Crippen molar-refractivity contribution in [2.45, 2.75) is 24.5 Å². The van der Waals surface area contributed by atoms with Gasteiger partial charge in [0.25, 0.3) is 0 Å². The van der Waals surface area contributed by atoms with Crippen molar-refractivity contribution in [3.63, 3.8) is 0 Å². The maximum Gasteiger partial charge on any atom is 0.307 e. The maximum absolute atomic E-state index is 10.5. The van der Waals surface area contributed by atoms with Crippen molar-refractivity contribution in [1.82, 2.24) is 5.32 Å². The summed E-state index contributed by atoms with van der Waals surface area (Å²) in [6, 6.07) is 0. The maximum atomic E-state index is 10.5.